The van der Waals surface area contributed by atoms with Crippen LogP contribution in [0.3, 0.4) is 0 Å². The highest BCUT2D eigenvalue weighted by molar-refractivity contribution is 5.96. The van der Waals surface area contributed by atoms with Gasteiger partial charge in [-0.25, -0.2) is 4.79 Å². The summed E-state index contributed by atoms with van der Waals surface area (Å²) in [6, 6.07) is 23.3. The number of nitrogens with zero attached hydrogens (tertiary/aromatic N) is 1. The van der Waals surface area contributed by atoms with Crippen molar-refractivity contribution in [1.29, 1.82) is 0 Å². The van der Waals surface area contributed by atoms with E-state index in [0.717, 1.165) is 28.1 Å². The summed E-state index contributed by atoms with van der Waals surface area (Å²) in [5.74, 6) is -0.840. The number of aromatic nitrogens is 1. The Balaban J connectivity index is 1.72. The summed E-state index contributed by atoms with van der Waals surface area (Å²) >= 11 is 0. The van der Waals surface area contributed by atoms with E-state index in [-0.39, 0.29) is 5.57 Å². The van der Waals surface area contributed by atoms with E-state index in [4.69, 9.17) is 4.74 Å². The lowest BCUT2D eigenvalue weighted by molar-refractivity contribution is -0.132. The molecule has 0 saturated heterocycles. The van der Waals surface area contributed by atoms with Crippen LogP contribution in [-0.2, 0) is 4.79 Å². The molecule has 0 radical (unpaired) electrons. The van der Waals surface area contributed by atoms with Gasteiger partial charge in [0.15, 0.2) is 0 Å². The second-order valence-electron chi connectivity index (χ2n) is 7.82. The van der Waals surface area contributed by atoms with Gasteiger partial charge in [-0.3, -0.25) is 4.98 Å². The molecule has 0 spiro atoms. The Labute approximate surface area is 193 Å². The molecule has 5 heteroatoms. The van der Waals surface area contributed by atoms with Crippen LogP contribution in [0, 0.1) is 0 Å². The summed E-state index contributed by atoms with van der Waals surface area (Å²) in [4.78, 5) is 16.9. The number of carboxylic acids is 1. The third-order valence-corrected chi connectivity index (χ3v) is 5.61. The van der Waals surface area contributed by atoms with Crippen molar-refractivity contribution in [2.24, 2.45) is 0 Å². The van der Waals surface area contributed by atoms with Crippen molar-refractivity contribution in [3.8, 4) is 5.75 Å². The third kappa shape index (κ3) is 4.88. The first-order chi connectivity index (χ1) is 16.1. The number of rotatable bonds is 7. The van der Waals surface area contributed by atoms with E-state index in [1.54, 1.807) is 13.1 Å². The number of ether oxygens (including phenoxy) is 1. The van der Waals surface area contributed by atoms with Gasteiger partial charge in [-0.2, -0.15) is 0 Å². The molecule has 2 aromatic carbocycles. The molecule has 166 valence electrons. The maximum atomic E-state index is 12.4. The summed E-state index contributed by atoms with van der Waals surface area (Å²) in [7, 11) is 0. The molecule has 0 amide bonds. The van der Waals surface area contributed by atoms with E-state index in [1.165, 1.54) is 0 Å². The second-order valence-corrected chi connectivity index (χ2v) is 7.82. The molecule has 5 nitrogen and oxygen atoms in total. The minimum Gasteiger partial charge on any atom is -0.489 e. The van der Waals surface area contributed by atoms with Gasteiger partial charge in [-0.05, 0) is 43.7 Å². The lowest BCUT2D eigenvalue weighted by Gasteiger charge is -2.31. The van der Waals surface area contributed by atoms with Crippen molar-refractivity contribution in [2.45, 2.75) is 19.8 Å². The molecule has 33 heavy (non-hydrogen) atoms. The zero-order valence-corrected chi connectivity index (χ0v) is 18.7. The summed E-state index contributed by atoms with van der Waals surface area (Å²) in [6.45, 7) is 4.11. The van der Waals surface area contributed by atoms with Crippen LogP contribution in [0.4, 0.5) is 0 Å². The lowest BCUT2D eigenvalue weighted by Crippen LogP contribution is -2.28. The predicted octanol–water partition coefficient (Wildman–Crippen LogP) is 5.65. The number of allylic oxidation sites excluding steroid dienone is 3. The fourth-order valence-corrected chi connectivity index (χ4v) is 4.19. The van der Waals surface area contributed by atoms with Crippen LogP contribution in [0.15, 0.2) is 102 Å². The number of benzene rings is 2. The third-order valence-electron chi connectivity index (χ3n) is 5.61. The summed E-state index contributed by atoms with van der Waals surface area (Å²) < 4.78 is 6.13. The highest BCUT2D eigenvalue weighted by Gasteiger charge is 2.35. The second kappa shape index (κ2) is 10.0. The number of pyridine rings is 1. The topological polar surface area (TPSA) is 71.5 Å². The van der Waals surface area contributed by atoms with Crippen LogP contribution in [-0.4, -0.2) is 22.7 Å². The van der Waals surface area contributed by atoms with E-state index in [9.17, 15) is 9.90 Å². The quantitative estimate of drug-likeness (QED) is 0.499. The summed E-state index contributed by atoms with van der Waals surface area (Å²) in [5, 5.41) is 13.4. The van der Waals surface area contributed by atoms with Crippen molar-refractivity contribution in [3.05, 3.63) is 119 Å². The summed E-state index contributed by atoms with van der Waals surface area (Å²) in [6.07, 6.45) is 5.67. The molecule has 2 N–H and O–H groups in total. The van der Waals surface area contributed by atoms with Gasteiger partial charge < -0.3 is 15.2 Å². The first-order valence-electron chi connectivity index (χ1n) is 10.8. The van der Waals surface area contributed by atoms with Gasteiger partial charge in [0.05, 0.1) is 17.2 Å². The van der Waals surface area contributed by atoms with Gasteiger partial charge in [0, 0.05) is 28.7 Å². The molecule has 2 heterocycles. The fraction of sp³-hybridized carbons (Fsp3) is 0.143. The van der Waals surface area contributed by atoms with Crippen molar-refractivity contribution in [3.63, 3.8) is 0 Å². The van der Waals surface area contributed by atoms with Gasteiger partial charge >= 0.3 is 5.97 Å². The number of nitrogens with one attached hydrogen (secondary N) is 1. The number of para-hydroxylation sites is 1. The molecule has 4 rings (SSSR count). The van der Waals surface area contributed by atoms with Gasteiger partial charge in [0.1, 0.15) is 12.4 Å². The lowest BCUT2D eigenvalue weighted by atomic mass is 9.78. The molecule has 0 fully saturated rings. The molecule has 1 unspecified atom stereocenters. The van der Waals surface area contributed by atoms with Crippen LogP contribution in [0.2, 0.25) is 0 Å². The molecule has 1 aliphatic rings. The van der Waals surface area contributed by atoms with Crippen molar-refractivity contribution in [1.82, 2.24) is 10.3 Å². The standard InChI is InChI=1S/C28H26N2O3/c1-19-25(23-15-8-9-17-29-23)27(26(28(31)32)20(2)30-19)22-14-6-7-16-24(22)33-18-10-13-21-11-4-3-5-12-21/h3-17,27,30H,18H2,1-2H3,(H,31,32)/b13-10+. The van der Waals surface area contributed by atoms with Gasteiger partial charge in [0.2, 0.25) is 0 Å². The van der Waals surface area contributed by atoms with Crippen LogP contribution in [0.5, 0.6) is 5.75 Å². The number of carboxylic acid groups (broad SMARTS) is 1. The van der Waals surface area contributed by atoms with E-state index < -0.39 is 11.9 Å². The van der Waals surface area contributed by atoms with Crippen molar-refractivity contribution in [2.75, 3.05) is 6.61 Å². The van der Waals surface area contributed by atoms with Gasteiger partial charge in [0.25, 0.3) is 0 Å². The Morgan fingerprint density at radius 1 is 1.00 bits per heavy atom. The fourth-order valence-electron chi connectivity index (χ4n) is 4.19. The molecular formula is C28H26N2O3. The van der Waals surface area contributed by atoms with Crippen LogP contribution < -0.4 is 10.1 Å². The molecular weight excluding hydrogens is 412 g/mol. The highest BCUT2D eigenvalue weighted by Crippen LogP contribution is 2.45. The normalized spacial score (nSPS) is 16.1. The monoisotopic (exact) mass is 438 g/mol. The van der Waals surface area contributed by atoms with E-state index in [2.05, 4.69) is 10.3 Å². The van der Waals surface area contributed by atoms with E-state index >= 15 is 0 Å². The highest BCUT2D eigenvalue weighted by atomic mass is 16.5. The first kappa shape index (κ1) is 22.1. The molecule has 0 aliphatic carbocycles. The molecule has 1 aromatic heterocycles. The van der Waals surface area contributed by atoms with E-state index in [0.29, 0.717) is 18.1 Å². The van der Waals surface area contributed by atoms with Crippen molar-refractivity contribution >= 4 is 17.6 Å². The van der Waals surface area contributed by atoms with Gasteiger partial charge in [-0.15, -0.1) is 0 Å². The zero-order valence-electron chi connectivity index (χ0n) is 18.7. The smallest absolute Gasteiger partial charge is 0.334 e. The molecule has 1 atom stereocenters. The molecule has 1 aliphatic heterocycles. The van der Waals surface area contributed by atoms with Crippen LogP contribution in [0.1, 0.15) is 36.6 Å². The minimum absolute atomic E-state index is 0.289. The Morgan fingerprint density at radius 3 is 2.45 bits per heavy atom. The Kier molecular flexibility index (Phi) is 6.69. The Morgan fingerprint density at radius 2 is 1.73 bits per heavy atom. The van der Waals surface area contributed by atoms with Crippen LogP contribution in [0.25, 0.3) is 11.6 Å². The first-order valence-corrected chi connectivity index (χ1v) is 10.8. The number of hydrogen-bond acceptors (Lipinski definition) is 4. The molecule has 0 bridgehead atoms. The number of dihydropyridines is 1. The number of aliphatic carboxylic acids is 1. The molecule has 3 aromatic rings. The van der Waals surface area contributed by atoms with Crippen LogP contribution >= 0.6 is 0 Å². The average Bonchev–Trinajstić information content (AvgIpc) is 2.82. The van der Waals surface area contributed by atoms with Crippen molar-refractivity contribution < 1.29 is 14.6 Å². The average molecular weight is 439 g/mol. The maximum Gasteiger partial charge on any atom is 0.334 e. The van der Waals surface area contributed by atoms with Gasteiger partial charge in [-0.1, -0.05) is 60.7 Å². The SMILES string of the molecule is CC1=C(C(=O)O)C(c2ccccc2OC/C=C/c2ccccc2)C(c2ccccn2)=C(C)N1. The number of carbonyl (C=O) groups is 1. The number of hydrogen-bond donors (Lipinski definition) is 2. The zero-order chi connectivity index (χ0) is 23.2. The Hall–Kier alpha value is -4.12. The largest absolute Gasteiger partial charge is 0.489 e. The summed E-state index contributed by atoms with van der Waals surface area (Å²) in [5.41, 5.74) is 5.23. The molecule has 0 saturated carbocycles. The Bertz CT molecular complexity index is 1230. The van der Waals surface area contributed by atoms with E-state index in [1.807, 2.05) is 91.9 Å². The minimum atomic E-state index is -0.968. The maximum absolute atomic E-state index is 12.4. The predicted molar refractivity (Wildman–Crippen MR) is 130 cm³/mol.